The summed E-state index contributed by atoms with van der Waals surface area (Å²) in [6.45, 7) is 0. The van der Waals surface area contributed by atoms with E-state index in [4.69, 9.17) is 10.2 Å². The minimum atomic E-state index is -6.56. The van der Waals surface area contributed by atoms with Gasteiger partial charge in [0.25, 0.3) is 0 Å². The van der Waals surface area contributed by atoms with E-state index in [1.165, 1.54) is 0 Å². The molecule has 192 valence electrons. The molecule has 2 N–H and O–H groups in total. The van der Waals surface area contributed by atoms with Gasteiger partial charge in [0.15, 0.2) is 0 Å². The monoisotopic (exact) mass is 528 g/mol. The van der Waals surface area contributed by atoms with Crippen molar-refractivity contribution in [2.75, 3.05) is 0 Å². The molecule has 0 radical (unpaired) electrons. The first kappa shape index (κ1) is 27.8. The van der Waals surface area contributed by atoms with Crippen LogP contribution in [0.4, 0.5) is 52.7 Å². The third-order valence-corrected chi connectivity index (χ3v) is 4.83. The van der Waals surface area contributed by atoms with Gasteiger partial charge in [-0.3, -0.25) is 0 Å². The van der Waals surface area contributed by atoms with Crippen LogP contribution in [0, 0.1) is 0 Å². The van der Waals surface area contributed by atoms with Gasteiger partial charge in [-0.25, -0.2) is 9.59 Å². The van der Waals surface area contributed by atoms with Gasteiger partial charge in [-0.1, -0.05) is 12.1 Å². The Morgan fingerprint density at radius 3 is 1.03 bits per heavy atom. The van der Waals surface area contributed by atoms with E-state index >= 15 is 0 Å². The standard InChI is InChI=1S/C19H8F12O4/c20-16(21,22)11-3-1-7(5-9(11)13(32)33)15(18(26,27)28,19(29,30)31)8-2-4-12(17(23,24)25)10(6-8)14(34)35/h1-6H,(H,32,33)(H,34,35). The normalized spacial score (nSPS) is 13.6. The maximum Gasteiger partial charge on any atom is 0.417 e. The smallest absolute Gasteiger partial charge is 0.417 e. The number of benzene rings is 2. The van der Waals surface area contributed by atoms with Crippen molar-refractivity contribution in [2.24, 2.45) is 0 Å². The molecular weight excluding hydrogens is 520 g/mol. The molecule has 0 saturated heterocycles. The van der Waals surface area contributed by atoms with Crippen molar-refractivity contribution in [3.05, 3.63) is 69.8 Å². The molecular formula is C19H8F12O4. The highest BCUT2D eigenvalue weighted by molar-refractivity contribution is 5.91. The van der Waals surface area contributed by atoms with Crippen LogP contribution in [0.3, 0.4) is 0 Å². The molecule has 0 spiro atoms. The zero-order valence-electron chi connectivity index (χ0n) is 16.2. The van der Waals surface area contributed by atoms with Crippen LogP contribution in [0.1, 0.15) is 43.0 Å². The van der Waals surface area contributed by atoms with Crippen LogP contribution >= 0.6 is 0 Å². The molecule has 35 heavy (non-hydrogen) atoms. The Morgan fingerprint density at radius 2 is 0.829 bits per heavy atom. The zero-order chi connectivity index (χ0) is 27.4. The Kier molecular flexibility index (Phi) is 6.62. The van der Waals surface area contributed by atoms with Gasteiger partial charge in [0, 0.05) is 0 Å². The summed E-state index contributed by atoms with van der Waals surface area (Å²) < 4.78 is 163. The number of carbonyl (C=O) groups is 2. The van der Waals surface area contributed by atoms with Crippen molar-refractivity contribution >= 4 is 11.9 Å². The SMILES string of the molecule is O=C(O)c1cc(C(c2ccc(C(F)(F)F)c(C(=O)O)c2)(C(F)(F)F)C(F)(F)F)ccc1C(F)(F)F. The summed E-state index contributed by atoms with van der Waals surface area (Å²) in [5, 5.41) is 17.9. The molecule has 0 atom stereocenters. The van der Waals surface area contributed by atoms with Gasteiger partial charge in [-0.05, 0) is 35.4 Å². The lowest BCUT2D eigenvalue weighted by Gasteiger charge is -2.38. The molecule has 0 aromatic heterocycles. The summed E-state index contributed by atoms with van der Waals surface area (Å²) in [6, 6.07) is -2.54. The van der Waals surface area contributed by atoms with Crippen molar-refractivity contribution in [1.29, 1.82) is 0 Å². The summed E-state index contributed by atoms with van der Waals surface area (Å²) in [5.74, 6) is -5.12. The van der Waals surface area contributed by atoms with Crippen LogP contribution in [0.15, 0.2) is 36.4 Å². The molecule has 2 aromatic rings. The number of alkyl halides is 12. The Bertz CT molecular complexity index is 1060. The van der Waals surface area contributed by atoms with Crippen molar-refractivity contribution in [3.8, 4) is 0 Å². The summed E-state index contributed by atoms with van der Waals surface area (Å²) in [5.41, 5.74) is -18.0. The largest absolute Gasteiger partial charge is 0.478 e. The lowest BCUT2D eigenvalue weighted by Crippen LogP contribution is -2.55. The molecule has 0 heterocycles. The highest BCUT2D eigenvalue weighted by Gasteiger charge is 2.73. The lowest BCUT2D eigenvalue weighted by molar-refractivity contribution is -0.288. The lowest BCUT2D eigenvalue weighted by atomic mass is 9.71. The summed E-state index contributed by atoms with van der Waals surface area (Å²) in [6.07, 6.45) is -24.2. The second kappa shape index (κ2) is 8.34. The van der Waals surface area contributed by atoms with Crippen LogP contribution in [0.5, 0.6) is 0 Å². The van der Waals surface area contributed by atoms with E-state index in [-0.39, 0.29) is 24.3 Å². The molecule has 4 nitrogen and oxygen atoms in total. The number of carboxylic acids is 2. The second-order valence-electron chi connectivity index (χ2n) is 6.87. The fraction of sp³-hybridized carbons (Fsp3) is 0.263. The molecule has 0 saturated carbocycles. The topological polar surface area (TPSA) is 74.6 Å². The average molecular weight is 528 g/mol. The van der Waals surface area contributed by atoms with E-state index in [1.807, 2.05) is 0 Å². The van der Waals surface area contributed by atoms with E-state index in [2.05, 4.69) is 0 Å². The Balaban J connectivity index is 3.11. The first-order valence-electron chi connectivity index (χ1n) is 8.60. The zero-order valence-corrected chi connectivity index (χ0v) is 16.2. The molecule has 0 fully saturated rings. The maximum absolute atomic E-state index is 14.1. The van der Waals surface area contributed by atoms with Crippen LogP contribution in [0.2, 0.25) is 0 Å². The fourth-order valence-electron chi connectivity index (χ4n) is 3.39. The number of hydrogen-bond donors (Lipinski definition) is 2. The third-order valence-electron chi connectivity index (χ3n) is 4.83. The van der Waals surface area contributed by atoms with Crippen LogP contribution in [-0.2, 0) is 17.8 Å². The molecule has 2 aromatic carbocycles. The first-order chi connectivity index (χ1) is 15.6. The number of rotatable bonds is 4. The predicted molar refractivity (Wildman–Crippen MR) is 89.7 cm³/mol. The van der Waals surface area contributed by atoms with Crippen molar-refractivity contribution in [1.82, 2.24) is 0 Å². The Morgan fingerprint density at radius 1 is 0.543 bits per heavy atom. The van der Waals surface area contributed by atoms with Crippen molar-refractivity contribution in [2.45, 2.75) is 30.1 Å². The van der Waals surface area contributed by atoms with Gasteiger partial charge in [-0.15, -0.1) is 0 Å². The quantitative estimate of drug-likeness (QED) is 0.443. The van der Waals surface area contributed by atoms with E-state index in [0.29, 0.717) is 0 Å². The Hall–Kier alpha value is -3.46. The van der Waals surface area contributed by atoms with Crippen LogP contribution < -0.4 is 0 Å². The molecule has 0 aliphatic rings. The fourth-order valence-corrected chi connectivity index (χ4v) is 3.39. The third kappa shape index (κ3) is 4.73. The number of hydrogen-bond acceptors (Lipinski definition) is 2. The molecule has 0 aliphatic carbocycles. The maximum atomic E-state index is 14.1. The summed E-state index contributed by atoms with van der Waals surface area (Å²) >= 11 is 0. The predicted octanol–water partition coefficient (Wildman–Crippen LogP) is 6.53. The van der Waals surface area contributed by atoms with Gasteiger partial charge in [0.2, 0.25) is 5.41 Å². The molecule has 0 unspecified atom stereocenters. The highest BCUT2D eigenvalue weighted by Crippen LogP contribution is 2.57. The molecule has 2 rings (SSSR count). The van der Waals surface area contributed by atoms with E-state index < -0.39 is 87.6 Å². The van der Waals surface area contributed by atoms with Gasteiger partial charge in [0.1, 0.15) is 0 Å². The molecule has 0 amide bonds. The van der Waals surface area contributed by atoms with Gasteiger partial charge >= 0.3 is 36.6 Å². The van der Waals surface area contributed by atoms with Crippen LogP contribution in [-0.4, -0.2) is 34.5 Å². The number of carboxylic acid groups (broad SMARTS) is 2. The molecule has 16 heteroatoms. The minimum absolute atomic E-state index is 0.339. The Labute approximate surface area is 185 Å². The first-order valence-corrected chi connectivity index (χ1v) is 8.60. The van der Waals surface area contributed by atoms with Gasteiger partial charge < -0.3 is 10.2 Å². The van der Waals surface area contributed by atoms with Crippen LogP contribution in [0.25, 0.3) is 0 Å². The highest BCUT2D eigenvalue weighted by atomic mass is 19.4. The van der Waals surface area contributed by atoms with E-state index in [1.54, 1.807) is 0 Å². The summed E-state index contributed by atoms with van der Waals surface area (Å²) in [4.78, 5) is 22.4. The van der Waals surface area contributed by atoms with Crippen molar-refractivity contribution < 1.29 is 72.5 Å². The van der Waals surface area contributed by atoms with E-state index in [9.17, 15) is 62.3 Å². The van der Waals surface area contributed by atoms with Gasteiger partial charge in [-0.2, -0.15) is 52.7 Å². The molecule has 0 bridgehead atoms. The van der Waals surface area contributed by atoms with E-state index in [0.717, 1.165) is 0 Å². The second-order valence-corrected chi connectivity index (χ2v) is 6.87. The van der Waals surface area contributed by atoms with Gasteiger partial charge in [0.05, 0.1) is 22.3 Å². The average Bonchev–Trinajstić information content (AvgIpc) is 2.64. The minimum Gasteiger partial charge on any atom is -0.478 e. The molecule has 0 aliphatic heterocycles. The number of halogens is 12. The number of aromatic carboxylic acids is 2. The van der Waals surface area contributed by atoms with Crippen molar-refractivity contribution in [3.63, 3.8) is 0 Å². The summed E-state index contributed by atoms with van der Waals surface area (Å²) in [7, 11) is 0.